The molecule has 1 aromatic carbocycles. The molecule has 30 heavy (non-hydrogen) atoms. The number of nitrogens with zero attached hydrogens (tertiary/aromatic N) is 5. The third kappa shape index (κ3) is 2.73. The summed E-state index contributed by atoms with van der Waals surface area (Å²) in [6.45, 7) is 3.88. The number of fused-ring (bicyclic) bond motifs is 2. The number of pyridine rings is 1. The van der Waals surface area contributed by atoms with E-state index in [2.05, 4.69) is 54.7 Å². The lowest BCUT2D eigenvalue weighted by atomic mass is 9.98. The van der Waals surface area contributed by atoms with Crippen LogP contribution in [-0.2, 0) is 0 Å². The van der Waals surface area contributed by atoms with E-state index >= 15 is 0 Å². The Labute approximate surface area is 172 Å². The molecule has 0 fully saturated rings. The lowest BCUT2D eigenvalue weighted by molar-refractivity contribution is 0.739. The van der Waals surface area contributed by atoms with Gasteiger partial charge in [0.2, 0.25) is 0 Å². The van der Waals surface area contributed by atoms with Gasteiger partial charge in [0.05, 0.1) is 16.7 Å². The van der Waals surface area contributed by atoms with Crippen LogP contribution in [0.3, 0.4) is 0 Å². The molecule has 5 aromatic rings. The van der Waals surface area contributed by atoms with E-state index in [1.807, 2.05) is 23.8 Å². The summed E-state index contributed by atoms with van der Waals surface area (Å²) in [6.07, 6.45) is 8.77. The van der Waals surface area contributed by atoms with E-state index in [0.717, 1.165) is 64.5 Å². The Morgan fingerprint density at radius 1 is 1.10 bits per heavy atom. The summed E-state index contributed by atoms with van der Waals surface area (Å²) in [5, 5.41) is 12.1. The monoisotopic (exact) mass is 396 g/mol. The van der Waals surface area contributed by atoms with Crippen molar-refractivity contribution in [3.63, 3.8) is 0 Å². The second-order valence-electron chi connectivity index (χ2n) is 7.55. The van der Waals surface area contributed by atoms with Crippen molar-refractivity contribution in [3.05, 3.63) is 60.3 Å². The van der Waals surface area contributed by atoms with E-state index in [0.29, 0.717) is 0 Å². The predicted octanol–water partition coefficient (Wildman–Crippen LogP) is 3.37. The maximum absolute atomic E-state index is 4.86. The fraction of sp³-hybridized carbons (Fsp3) is 0.182. The Hall–Kier alpha value is -3.78. The normalized spacial score (nSPS) is 14.5. The summed E-state index contributed by atoms with van der Waals surface area (Å²) in [5.41, 5.74) is 7.04. The van der Waals surface area contributed by atoms with E-state index in [1.54, 1.807) is 12.5 Å². The molecule has 1 aliphatic rings. The number of aryl methyl sites for hydroxylation is 1. The number of H-pyrrole nitrogens is 2. The van der Waals surface area contributed by atoms with Crippen molar-refractivity contribution in [2.24, 2.45) is 0 Å². The fourth-order valence-corrected chi connectivity index (χ4v) is 4.04. The van der Waals surface area contributed by atoms with Gasteiger partial charge >= 0.3 is 0 Å². The SMILES string of the molecule is Cc1cn(-c2nccc3[nH]c(-c4n[nH]c5ccc(C6=CCNCC6)cc45)nc23)cn1. The predicted molar refractivity (Wildman–Crippen MR) is 116 cm³/mol. The second-order valence-corrected chi connectivity index (χ2v) is 7.55. The highest BCUT2D eigenvalue weighted by atomic mass is 15.2. The summed E-state index contributed by atoms with van der Waals surface area (Å²) in [7, 11) is 0. The first-order chi connectivity index (χ1) is 14.8. The van der Waals surface area contributed by atoms with Crippen LogP contribution < -0.4 is 5.32 Å². The molecule has 0 atom stereocenters. The zero-order chi connectivity index (χ0) is 20.1. The van der Waals surface area contributed by atoms with Crippen LogP contribution in [-0.4, -0.2) is 47.8 Å². The lowest BCUT2D eigenvalue weighted by Gasteiger charge is -2.14. The van der Waals surface area contributed by atoms with Crippen molar-refractivity contribution in [2.45, 2.75) is 13.3 Å². The van der Waals surface area contributed by atoms with Crippen molar-refractivity contribution < 1.29 is 0 Å². The van der Waals surface area contributed by atoms with Gasteiger partial charge < -0.3 is 10.3 Å². The van der Waals surface area contributed by atoms with E-state index < -0.39 is 0 Å². The number of hydrogen-bond acceptors (Lipinski definition) is 5. The molecular formula is C22H20N8. The maximum Gasteiger partial charge on any atom is 0.166 e. The van der Waals surface area contributed by atoms with Gasteiger partial charge in [0.15, 0.2) is 11.6 Å². The topological polar surface area (TPSA) is 100 Å². The molecule has 148 valence electrons. The van der Waals surface area contributed by atoms with Gasteiger partial charge in [-0.1, -0.05) is 12.1 Å². The van der Waals surface area contributed by atoms with Crippen molar-refractivity contribution in [1.82, 2.24) is 40.0 Å². The molecule has 0 saturated carbocycles. The van der Waals surface area contributed by atoms with Crippen LogP contribution in [0.1, 0.15) is 17.7 Å². The largest absolute Gasteiger partial charge is 0.336 e. The smallest absolute Gasteiger partial charge is 0.166 e. The minimum atomic E-state index is 0.721. The third-order valence-corrected chi connectivity index (χ3v) is 5.56. The molecule has 1 aliphatic heterocycles. The van der Waals surface area contributed by atoms with Gasteiger partial charge in [-0.25, -0.2) is 15.0 Å². The molecule has 8 nitrogen and oxygen atoms in total. The van der Waals surface area contributed by atoms with E-state index in [-0.39, 0.29) is 0 Å². The second kappa shape index (κ2) is 6.64. The summed E-state index contributed by atoms with van der Waals surface area (Å²) in [6, 6.07) is 8.38. The van der Waals surface area contributed by atoms with Crippen molar-refractivity contribution >= 4 is 27.5 Å². The average Bonchev–Trinajstić information content (AvgIpc) is 3.51. The number of aromatic amines is 2. The summed E-state index contributed by atoms with van der Waals surface area (Å²) in [5.74, 6) is 1.47. The molecule has 3 N–H and O–H groups in total. The zero-order valence-corrected chi connectivity index (χ0v) is 16.5. The van der Waals surface area contributed by atoms with Crippen molar-refractivity contribution in [2.75, 3.05) is 13.1 Å². The Balaban J connectivity index is 1.49. The van der Waals surface area contributed by atoms with Crippen LogP contribution in [0.15, 0.2) is 49.1 Å². The summed E-state index contributed by atoms with van der Waals surface area (Å²) < 4.78 is 1.90. The van der Waals surface area contributed by atoms with Crippen LogP contribution in [0, 0.1) is 6.92 Å². The Morgan fingerprint density at radius 3 is 2.90 bits per heavy atom. The highest BCUT2D eigenvalue weighted by Crippen LogP contribution is 2.30. The molecule has 0 unspecified atom stereocenters. The van der Waals surface area contributed by atoms with Gasteiger partial charge in [-0.15, -0.1) is 0 Å². The van der Waals surface area contributed by atoms with Gasteiger partial charge in [0.25, 0.3) is 0 Å². The lowest BCUT2D eigenvalue weighted by Crippen LogP contribution is -2.19. The number of aromatic nitrogens is 7. The molecule has 4 aromatic heterocycles. The fourth-order valence-electron chi connectivity index (χ4n) is 4.04. The van der Waals surface area contributed by atoms with Crippen LogP contribution in [0.4, 0.5) is 0 Å². The number of hydrogen-bond donors (Lipinski definition) is 3. The van der Waals surface area contributed by atoms with Crippen LogP contribution in [0.2, 0.25) is 0 Å². The van der Waals surface area contributed by atoms with Crippen LogP contribution >= 0.6 is 0 Å². The van der Waals surface area contributed by atoms with Gasteiger partial charge in [-0.05, 0) is 49.2 Å². The number of rotatable bonds is 3. The van der Waals surface area contributed by atoms with E-state index in [1.165, 1.54) is 11.1 Å². The summed E-state index contributed by atoms with van der Waals surface area (Å²) >= 11 is 0. The highest BCUT2D eigenvalue weighted by molar-refractivity contribution is 5.95. The molecule has 0 aliphatic carbocycles. The third-order valence-electron chi connectivity index (χ3n) is 5.56. The van der Waals surface area contributed by atoms with E-state index in [9.17, 15) is 0 Å². The minimum Gasteiger partial charge on any atom is -0.336 e. The average molecular weight is 396 g/mol. The Bertz CT molecular complexity index is 1420. The first-order valence-corrected chi connectivity index (χ1v) is 10.0. The van der Waals surface area contributed by atoms with Gasteiger partial charge in [0.1, 0.15) is 17.5 Å². The molecule has 0 spiro atoms. The van der Waals surface area contributed by atoms with E-state index in [4.69, 9.17) is 4.98 Å². The maximum atomic E-state index is 4.86. The molecule has 5 heterocycles. The van der Waals surface area contributed by atoms with Gasteiger partial charge in [-0.2, -0.15) is 5.10 Å². The van der Waals surface area contributed by atoms with Crippen molar-refractivity contribution in [3.8, 4) is 17.3 Å². The number of benzene rings is 1. The Kier molecular flexibility index (Phi) is 3.78. The summed E-state index contributed by atoms with van der Waals surface area (Å²) in [4.78, 5) is 17.1. The molecule has 0 saturated heterocycles. The number of imidazole rings is 2. The zero-order valence-electron chi connectivity index (χ0n) is 16.5. The minimum absolute atomic E-state index is 0.721. The molecule has 0 amide bonds. The van der Waals surface area contributed by atoms with Gasteiger partial charge in [0, 0.05) is 24.3 Å². The first-order valence-electron chi connectivity index (χ1n) is 10.0. The Morgan fingerprint density at radius 2 is 2.07 bits per heavy atom. The molecule has 0 bridgehead atoms. The highest BCUT2D eigenvalue weighted by Gasteiger charge is 2.17. The molecular weight excluding hydrogens is 376 g/mol. The molecule has 8 heteroatoms. The first kappa shape index (κ1) is 17.1. The van der Waals surface area contributed by atoms with Crippen molar-refractivity contribution in [1.29, 1.82) is 0 Å². The van der Waals surface area contributed by atoms with Crippen LogP contribution in [0.25, 0.3) is 44.8 Å². The quantitative estimate of drug-likeness (QED) is 0.434. The molecule has 0 radical (unpaired) electrons. The van der Waals surface area contributed by atoms with Crippen LogP contribution in [0.5, 0.6) is 0 Å². The van der Waals surface area contributed by atoms with Gasteiger partial charge in [-0.3, -0.25) is 9.67 Å². The molecule has 6 rings (SSSR count). The standard InChI is InChI=1S/C22H20N8/c1-13-11-30(12-25-13)22-20-18(6-9-24-22)26-21(27-20)19-16-10-15(2-3-17(16)28-29-19)14-4-7-23-8-5-14/h2-4,6,9-12,23H,5,7-8H2,1H3,(H,26,27)(H,28,29). The number of nitrogens with one attached hydrogen (secondary N) is 3.